The summed E-state index contributed by atoms with van der Waals surface area (Å²) in [5.74, 6) is 0.167. The van der Waals surface area contributed by atoms with Crippen molar-refractivity contribution in [2.75, 3.05) is 0 Å². The summed E-state index contributed by atoms with van der Waals surface area (Å²) in [6.07, 6.45) is 6.18. The molecular formula is C17H26N2O. The second-order valence-corrected chi connectivity index (χ2v) is 5.99. The third-order valence-electron chi connectivity index (χ3n) is 4.25. The van der Waals surface area contributed by atoms with Crippen LogP contribution in [0.15, 0.2) is 30.3 Å². The molecule has 0 radical (unpaired) electrons. The van der Waals surface area contributed by atoms with Gasteiger partial charge in [0.15, 0.2) is 0 Å². The lowest BCUT2D eigenvalue weighted by atomic mass is 9.84. The first-order valence-corrected chi connectivity index (χ1v) is 7.76. The van der Waals surface area contributed by atoms with Gasteiger partial charge in [-0.1, -0.05) is 43.2 Å². The van der Waals surface area contributed by atoms with E-state index < -0.39 is 0 Å². The van der Waals surface area contributed by atoms with Crippen molar-refractivity contribution in [3.8, 4) is 0 Å². The van der Waals surface area contributed by atoms with Crippen LogP contribution in [0.1, 0.15) is 44.6 Å². The number of carbonyl (C=O) groups is 1. The minimum absolute atomic E-state index is 0.0166. The van der Waals surface area contributed by atoms with E-state index in [9.17, 15) is 4.79 Å². The largest absolute Gasteiger partial charge is 0.353 e. The molecule has 1 aromatic carbocycles. The van der Waals surface area contributed by atoms with E-state index in [4.69, 9.17) is 5.73 Å². The summed E-state index contributed by atoms with van der Waals surface area (Å²) >= 11 is 0. The molecule has 110 valence electrons. The van der Waals surface area contributed by atoms with E-state index in [2.05, 4.69) is 36.5 Å². The molecule has 1 aromatic rings. The van der Waals surface area contributed by atoms with Crippen LogP contribution in [0.3, 0.4) is 0 Å². The molecule has 0 heterocycles. The van der Waals surface area contributed by atoms with Crippen molar-refractivity contribution in [1.29, 1.82) is 0 Å². The zero-order chi connectivity index (χ0) is 14.4. The van der Waals surface area contributed by atoms with Gasteiger partial charge in [-0.15, -0.1) is 0 Å². The molecule has 0 spiro atoms. The summed E-state index contributed by atoms with van der Waals surface area (Å²) in [6, 6.07) is 10.7. The fourth-order valence-electron chi connectivity index (χ4n) is 2.93. The van der Waals surface area contributed by atoms with Crippen LogP contribution in [-0.2, 0) is 11.2 Å². The van der Waals surface area contributed by atoms with Crippen LogP contribution in [0.4, 0.5) is 0 Å². The van der Waals surface area contributed by atoms with E-state index in [-0.39, 0.29) is 23.9 Å². The number of benzene rings is 1. The maximum atomic E-state index is 12.2. The summed E-state index contributed by atoms with van der Waals surface area (Å²) in [7, 11) is 0. The molecular weight excluding hydrogens is 248 g/mol. The molecule has 0 aliphatic heterocycles. The Bertz CT molecular complexity index is 418. The first-order valence-electron chi connectivity index (χ1n) is 7.76. The van der Waals surface area contributed by atoms with Crippen LogP contribution in [0, 0.1) is 5.92 Å². The van der Waals surface area contributed by atoms with E-state index in [1.165, 1.54) is 5.56 Å². The fraction of sp³-hybridized carbons (Fsp3) is 0.588. The SMILES string of the molecule is CC(CCc1ccccc1)NC(=O)C1CCCCC1N. The summed E-state index contributed by atoms with van der Waals surface area (Å²) in [5.41, 5.74) is 7.38. The van der Waals surface area contributed by atoms with Gasteiger partial charge >= 0.3 is 0 Å². The van der Waals surface area contributed by atoms with Gasteiger partial charge < -0.3 is 11.1 Å². The minimum atomic E-state index is 0.0166. The van der Waals surface area contributed by atoms with Crippen molar-refractivity contribution in [2.24, 2.45) is 11.7 Å². The predicted molar refractivity (Wildman–Crippen MR) is 82.3 cm³/mol. The van der Waals surface area contributed by atoms with Crippen molar-refractivity contribution in [3.05, 3.63) is 35.9 Å². The topological polar surface area (TPSA) is 55.1 Å². The van der Waals surface area contributed by atoms with E-state index in [0.717, 1.165) is 38.5 Å². The number of nitrogens with two attached hydrogens (primary N) is 1. The predicted octanol–water partition coefficient (Wildman–Crippen LogP) is 2.64. The molecule has 0 aromatic heterocycles. The van der Waals surface area contributed by atoms with Gasteiger partial charge in [0.05, 0.1) is 5.92 Å². The maximum absolute atomic E-state index is 12.2. The highest BCUT2D eigenvalue weighted by atomic mass is 16.2. The first-order chi connectivity index (χ1) is 9.66. The average molecular weight is 274 g/mol. The normalized spacial score (nSPS) is 24.1. The lowest BCUT2D eigenvalue weighted by molar-refractivity contribution is -0.127. The molecule has 1 aliphatic rings. The summed E-state index contributed by atoms with van der Waals surface area (Å²) < 4.78 is 0. The van der Waals surface area contributed by atoms with Crippen molar-refractivity contribution < 1.29 is 4.79 Å². The number of rotatable bonds is 5. The van der Waals surface area contributed by atoms with Crippen LogP contribution in [0.5, 0.6) is 0 Å². The second-order valence-electron chi connectivity index (χ2n) is 5.99. The standard InChI is InChI=1S/C17H26N2O/c1-13(11-12-14-7-3-2-4-8-14)19-17(20)15-9-5-6-10-16(15)18/h2-4,7-8,13,15-16H,5-6,9-12,18H2,1H3,(H,19,20). The fourth-order valence-corrected chi connectivity index (χ4v) is 2.93. The molecule has 0 bridgehead atoms. The zero-order valence-electron chi connectivity index (χ0n) is 12.3. The number of amides is 1. The number of aryl methyl sites for hydroxylation is 1. The Hall–Kier alpha value is -1.35. The van der Waals surface area contributed by atoms with Gasteiger partial charge in [-0.2, -0.15) is 0 Å². The highest BCUT2D eigenvalue weighted by Crippen LogP contribution is 2.23. The quantitative estimate of drug-likeness (QED) is 0.867. The van der Waals surface area contributed by atoms with Crippen molar-refractivity contribution in [1.82, 2.24) is 5.32 Å². The Morgan fingerprint density at radius 2 is 2.00 bits per heavy atom. The van der Waals surface area contributed by atoms with E-state index in [1.807, 2.05) is 6.07 Å². The maximum Gasteiger partial charge on any atom is 0.224 e. The van der Waals surface area contributed by atoms with Gasteiger partial charge in [-0.3, -0.25) is 4.79 Å². The molecule has 1 amide bonds. The first kappa shape index (κ1) is 15.0. The summed E-state index contributed by atoms with van der Waals surface area (Å²) in [6.45, 7) is 2.08. The molecule has 3 unspecified atom stereocenters. The Balaban J connectivity index is 1.76. The summed E-state index contributed by atoms with van der Waals surface area (Å²) in [5, 5.41) is 3.13. The smallest absolute Gasteiger partial charge is 0.224 e. The van der Waals surface area contributed by atoms with E-state index >= 15 is 0 Å². The van der Waals surface area contributed by atoms with Crippen LogP contribution in [-0.4, -0.2) is 18.0 Å². The van der Waals surface area contributed by atoms with E-state index in [1.54, 1.807) is 0 Å². The van der Waals surface area contributed by atoms with Gasteiger partial charge in [0.1, 0.15) is 0 Å². The van der Waals surface area contributed by atoms with E-state index in [0.29, 0.717) is 0 Å². The van der Waals surface area contributed by atoms with Crippen LogP contribution in [0.2, 0.25) is 0 Å². The van der Waals surface area contributed by atoms with Crippen molar-refractivity contribution >= 4 is 5.91 Å². The molecule has 1 saturated carbocycles. The van der Waals surface area contributed by atoms with Crippen LogP contribution >= 0.6 is 0 Å². The highest BCUT2D eigenvalue weighted by molar-refractivity contribution is 5.79. The van der Waals surface area contributed by atoms with Gasteiger partial charge in [0, 0.05) is 12.1 Å². The highest BCUT2D eigenvalue weighted by Gasteiger charge is 2.28. The number of hydrogen-bond donors (Lipinski definition) is 2. The molecule has 2 rings (SSSR count). The van der Waals surface area contributed by atoms with Crippen molar-refractivity contribution in [2.45, 2.75) is 57.5 Å². The lowest BCUT2D eigenvalue weighted by Crippen LogP contribution is -2.46. The molecule has 0 saturated heterocycles. The van der Waals surface area contributed by atoms with Gasteiger partial charge in [0.25, 0.3) is 0 Å². The van der Waals surface area contributed by atoms with Crippen LogP contribution in [0.25, 0.3) is 0 Å². The number of nitrogens with one attached hydrogen (secondary N) is 1. The molecule has 1 fully saturated rings. The van der Waals surface area contributed by atoms with Crippen LogP contribution < -0.4 is 11.1 Å². The molecule has 3 nitrogen and oxygen atoms in total. The molecule has 20 heavy (non-hydrogen) atoms. The summed E-state index contributed by atoms with van der Waals surface area (Å²) in [4.78, 5) is 12.2. The Kier molecular flexibility index (Phi) is 5.60. The van der Waals surface area contributed by atoms with Gasteiger partial charge in [-0.25, -0.2) is 0 Å². The molecule has 3 atom stereocenters. The lowest BCUT2D eigenvalue weighted by Gasteiger charge is -2.28. The second kappa shape index (κ2) is 7.44. The third-order valence-corrected chi connectivity index (χ3v) is 4.25. The number of hydrogen-bond acceptors (Lipinski definition) is 2. The Labute approximate surface area is 121 Å². The zero-order valence-corrected chi connectivity index (χ0v) is 12.3. The van der Waals surface area contributed by atoms with Gasteiger partial charge in [0.2, 0.25) is 5.91 Å². The van der Waals surface area contributed by atoms with Crippen molar-refractivity contribution in [3.63, 3.8) is 0 Å². The third kappa shape index (κ3) is 4.34. The minimum Gasteiger partial charge on any atom is -0.353 e. The number of carbonyl (C=O) groups excluding carboxylic acids is 1. The Morgan fingerprint density at radius 3 is 2.70 bits per heavy atom. The van der Waals surface area contributed by atoms with Gasteiger partial charge in [-0.05, 0) is 38.2 Å². The molecule has 1 aliphatic carbocycles. The average Bonchev–Trinajstić information content (AvgIpc) is 2.46. The molecule has 3 N–H and O–H groups in total. The molecule has 3 heteroatoms. The Morgan fingerprint density at radius 1 is 1.30 bits per heavy atom. The monoisotopic (exact) mass is 274 g/mol.